The molecule has 1 heterocycles. The monoisotopic (exact) mass is 404 g/mol. The summed E-state index contributed by atoms with van der Waals surface area (Å²) in [5.74, 6) is -1.48. The van der Waals surface area contributed by atoms with Gasteiger partial charge in [-0.3, -0.25) is 19.8 Å². The number of nitrogens with zero attached hydrogens (tertiary/aromatic N) is 2. The Hall–Kier alpha value is -3.17. The minimum Gasteiger partial charge on any atom is -0.865 e. The van der Waals surface area contributed by atoms with Gasteiger partial charge in [-0.1, -0.05) is 11.6 Å². The summed E-state index contributed by atoms with van der Waals surface area (Å²) >= 11 is 11.1. The van der Waals surface area contributed by atoms with Gasteiger partial charge in [-0.2, -0.15) is 0 Å². The molecule has 0 aliphatic carbocycles. The van der Waals surface area contributed by atoms with Crippen molar-refractivity contribution >= 4 is 52.3 Å². The van der Waals surface area contributed by atoms with Crippen LogP contribution < -0.4 is 20.1 Å². The number of ether oxygens (including phenoxy) is 1. The SMILES string of the molecule is COc1cc(/C=C2\NC(=S)N(c3ccc(Cl)cc3)C2=O)cc([N+](=O)[O-])c1[O-]. The first-order chi connectivity index (χ1) is 12.8. The first-order valence-electron chi connectivity index (χ1n) is 7.48. The maximum absolute atomic E-state index is 12.7. The number of hydrogen-bond acceptors (Lipinski definition) is 6. The van der Waals surface area contributed by atoms with E-state index in [-0.39, 0.29) is 22.1 Å². The van der Waals surface area contributed by atoms with Gasteiger partial charge in [0, 0.05) is 16.8 Å². The average molecular weight is 405 g/mol. The highest BCUT2D eigenvalue weighted by Gasteiger charge is 2.32. The van der Waals surface area contributed by atoms with Crippen LogP contribution in [0, 0.1) is 10.1 Å². The summed E-state index contributed by atoms with van der Waals surface area (Å²) in [6, 6.07) is 8.89. The first-order valence-corrected chi connectivity index (χ1v) is 8.26. The largest absolute Gasteiger partial charge is 0.865 e. The van der Waals surface area contributed by atoms with Crippen LogP contribution in [-0.4, -0.2) is 23.1 Å². The number of amides is 1. The quantitative estimate of drug-likeness (QED) is 0.361. The Morgan fingerprint density at radius 2 is 1.96 bits per heavy atom. The molecule has 0 bridgehead atoms. The normalized spacial score (nSPS) is 15.2. The third kappa shape index (κ3) is 3.55. The molecule has 0 spiro atoms. The summed E-state index contributed by atoms with van der Waals surface area (Å²) in [5, 5.41) is 26.4. The first kappa shape index (κ1) is 18.6. The van der Waals surface area contributed by atoms with Crippen LogP contribution in [0.4, 0.5) is 11.4 Å². The fourth-order valence-electron chi connectivity index (χ4n) is 2.51. The topological polar surface area (TPSA) is 108 Å². The molecule has 1 aliphatic heterocycles. The second-order valence-corrected chi connectivity index (χ2v) is 6.26. The van der Waals surface area contributed by atoms with E-state index in [0.717, 1.165) is 6.07 Å². The third-order valence-electron chi connectivity index (χ3n) is 3.75. The van der Waals surface area contributed by atoms with Crippen molar-refractivity contribution in [3.8, 4) is 11.5 Å². The molecule has 8 nitrogen and oxygen atoms in total. The van der Waals surface area contributed by atoms with E-state index in [1.807, 2.05) is 0 Å². The second-order valence-electron chi connectivity index (χ2n) is 5.43. The van der Waals surface area contributed by atoms with E-state index in [2.05, 4.69) is 5.32 Å². The van der Waals surface area contributed by atoms with Crippen LogP contribution in [0.25, 0.3) is 6.08 Å². The van der Waals surface area contributed by atoms with Crippen molar-refractivity contribution < 1.29 is 19.6 Å². The van der Waals surface area contributed by atoms with Crippen molar-refractivity contribution in [2.24, 2.45) is 0 Å². The van der Waals surface area contributed by atoms with Crippen molar-refractivity contribution in [1.82, 2.24) is 5.32 Å². The van der Waals surface area contributed by atoms with Gasteiger partial charge in [0.2, 0.25) is 0 Å². The van der Waals surface area contributed by atoms with Crippen LogP contribution in [0.3, 0.4) is 0 Å². The molecular weight excluding hydrogens is 394 g/mol. The van der Waals surface area contributed by atoms with E-state index in [1.165, 1.54) is 24.2 Å². The molecule has 138 valence electrons. The number of hydrogen-bond donors (Lipinski definition) is 1. The van der Waals surface area contributed by atoms with Gasteiger partial charge in [-0.15, -0.1) is 0 Å². The number of thiocarbonyl (C=S) groups is 1. The van der Waals surface area contributed by atoms with E-state index in [9.17, 15) is 20.0 Å². The highest BCUT2D eigenvalue weighted by Crippen LogP contribution is 2.35. The molecule has 0 radical (unpaired) electrons. The summed E-state index contributed by atoms with van der Waals surface area (Å²) in [4.78, 5) is 24.2. The van der Waals surface area contributed by atoms with Gasteiger partial charge in [0.25, 0.3) is 11.6 Å². The number of benzene rings is 2. The van der Waals surface area contributed by atoms with Gasteiger partial charge >= 0.3 is 0 Å². The van der Waals surface area contributed by atoms with Crippen molar-refractivity contribution in [3.63, 3.8) is 0 Å². The van der Waals surface area contributed by atoms with Crippen molar-refractivity contribution in [2.75, 3.05) is 12.0 Å². The third-order valence-corrected chi connectivity index (χ3v) is 4.28. The molecule has 3 rings (SSSR count). The van der Waals surface area contributed by atoms with Crippen LogP contribution >= 0.6 is 23.8 Å². The lowest BCUT2D eigenvalue weighted by atomic mass is 10.1. The zero-order valence-electron chi connectivity index (χ0n) is 13.8. The summed E-state index contributed by atoms with van der Waals surface area (Å²) < 4.78 is 4.89. The zero-order chi connectivity index (χ0) is 19.7. The molecule has 10 heteroatoms. The number of methoxy groups -OCH3 is 1. The Bertz CT molecular complexity index is 991. The number of halogens is 1. The smallest absolute Gasteiger partial charge is 0.281 e. The summed E-state index contributed by atoms with van der Waals surface area (Å²) in [5.41, 5.74) is 0.215. The summed E-state index contributed by atoms with van der Waals surface area (Å²) in [6.45, 7) is 0. The fraction of sp³-hybridized carbons (Fsp3) is 0.0588. The van der Waals surface area contributed by atoms with E-state index >= 15 is 0 Å². The van der Waals surface area contributed by atoms with E-state index < -0.39 is 22.3 Å². The van der Waals surface area contributed by atoms with Crippen LogP contribution in [0.1, 0.15) is 5.56 Å². The number of nitro benzene ring substituents is 1. The van der Waals surface area contributed by atoms with Crippen molar-refractivity contribution in [1.29, 1.82) is 0 Å². The molecule has 0 atom stereocenters. The average Bonchev–Trinajstić information content (AvgIpc) is 2.90. The fourth-order valence-corrected chi connectivity index (χ4v) is 2.93. The molecular formula is C17H11ClN3O5S-. The van der Waals surface area contributed by atoms with E-state index in [1.54, 1.807) is 24.3 Å². The lowest BCUT2D eigenvalue weighted by Crippen LogP contribution is -2.30. The number of carbonyl (C=O) groups is 1. The Labute approximate surface area is 163 Å². The molecule has 2 aromatic rings. The molecule has 27 heavy (non-hydrogen) atoms. The van der Waals surface area contributed by atoms with Crippen LogP contribution in [0.2, 0.25) is 5.02 Å². The predicted molar refractivity (Wildman–Crippen MR) is 102 cm³/mol. The molecule has 0 aromatic heterocycles. The van der Waals surface area contributed by atoms with Gasteiger partial charge < -0.3 is 15.2 Å². The Balaban J connectivity index is 2.00. The molecule has 1 amide bonds. The summed E-state index contributed by atoms with van der Waals surface area (Å²) in [7, 11) is 1.23. The number of nitro groups is 1. The maximum atomic E-state index is 12.7. The van der Waals surface area contributed by atoms with E-state index in [4.69, 9.17) is 28.6 Å². The minimum atomic E-state index is -0.839. The zero-order valence-corrected chi connectivity index (χ0v) is 15.3. The van der Waals surface area contributed by atoms with Crippen molar-refractivity contribution in [3.05, 3.63) is 62.8 Å². The molecule has 2 aromatic carbocycles. The highest BCUT2D eigenvalue weighted by atomic mass is 35.5. The van der Waals surface area contributed by atoms with Gasteiger partial charge in [0.1, 0.15) is 11.4 Å². The minimum absolute atomic E-state index is 0.102. The van der Waals surface area contributed by atoms with Gasteiger partial charge in [0.05, 0.1) is 17.7 Å². The lowest BCUT2D eigenvalue weighted by molar-refractivity contribution is -0.398. The Morgan fingerprint density at radius 1 is 1.30 bits per heavy atom. The Morgan fingerprint density at radius 3 is 2.56 bits per heavy atom. The number of rotatable bonds is 4. The van der Waals surface area contributed by atoms with Crippen LogP contribution in [-0.2, 0) is 4.79 Å². The van der Waals surface area contributed by atoms with Crippen LogP contribution in [0.15, 0.2) is 42.1 Å². The molecule has 0 saturated carbocycles. The summed E-state index contributed by atoms with van der Waals surface area (Å²) in [6.07, 6.45) is 1.36. The predicted octanol–water partition coefficient (Wildman–Crippen LogP) is 2.59. The van der Waals surface area contributed by atoms with Crippen molar-refractivity contribution in [2.45, 2.75) is 0 Å². The standard InChI is InChI=1S/C17H12ClN3O5S/c1-26-14-8-9(7-13(15(14)22)21(24)25)6-12-16(23)20(17(27)19-12)11-4-2-10(18)3-5-11/h2-8,22H,1H3,(H,19,27)/p-1/b12-6-. The molecule has 1 N–H and O–H groups in total. The number of nitrogens with one attached hydrogen (secondary N) is 1. The lowest BCUT2D eigenvalue weighted by Gasteiger charge is -2.14. The number of anilines is 1. The Kier molecular flexibility index (Phi) is 4.98. The van der Waals surface area contributed by atoms with E-state index in [0.29, 0.717) is 10.7 Å². The van der Waals surface area contributed by atoms with Crippen LogP contribution in [0.5, 0.6) is 11.5 Å². The molecule has 1 aliphatic rings. The number of carbonyl (C=O) groups excluding carboxylic acids is 1. The maximum Gasteiger partial charge on any atom is 0.281 e. The molecule has 1 saturated heterocycles. The second kappa shape index (κ2) is 7.22. The van der Waals surface area contributed by atoms with Gasteiger partial charge in [-0.25, -0.2) is 0 Å². The molecule has 0 unspecified atom stereocenters. The van der Waals surface area contributed by atoms with Gasteiger partial charge in [0.15, 0.2) is 5.11 Å². The molecule has 1 fully saturated rings. The highest BCUT2D eigenvalue weighted by molar-refractivity contribution is 7.80. The van der Waals surface area contributed by atoms with Gasteiger partial charge in [-0.05, 0) is 54.2 Å².